The van der Waals surface area contributed by atoms with Gasteiger partial charge in [0, 0.05) is 37.1 Å². The quantitative estimate of drug-likeness (QED) is 0.544. The molecule has 0 atom stereocenters. The first-order valence-electron chi connectivity index (χ1n) is 10.4. The lowest BCUT2D eigenvalue weighted by Gasteiger charge is -2.12. The number of nitrogens with one attached hydrogen (secondary N) is 2. The SMILES string of the molecule is C=CCN1C(=O)c2ccc(C(=O)NCc3ccc(C[NH+]4CCCC4)cc3)cc2C1=O. The highest BCUT2D eigenvalue weighted by molar-refractivity contribution is 6.22. The summed E-state index contributed by atoms with van der Waals surface area (Å²) >= 11 is 0. The smallest absolute Gasteiger partial charge is 0.261 e. The summed E-state index contributed by atoms with van der Waals surface area (Å²) in [6.07, 6.45) is 4.13. The van der Waals surface area contributed by atoms with Gasteiger partial charge in [0.25, 0.3) is 17.7 Å². The molecule has 1 saturated heterocycles. The molecule has 6 heteroatoms. The molecule has 0 unspecified atom stereocenters. The average Bonchev–Trinajstić information content (AvgIpc) is 3.35. The fourth-order valence-electron chi connectivity index (χ4n) is 4.13. The van der Waals surface area contributed by atoms with Crippen molar-refractivity contribution in [2.45, 2.75) is 25.9 Å². The van der Waals surface area contributed by atoms with E-state index in [0.717, 1.165) is 17.0 Å². The van der Waals surface area contributed by atoms with E-state index in [9.17, 15) is 14.4 Å². The Kier molecular flexibility index (Phi) is 5.77. The van der Waals surface area contributed by atoms with Gasteiger partial charge in [0.2, 0.25) is 0 Å². The molecule has 2 heterocycles. The number of benzene rings is 2. The molecule has 2 aromatic carbocycles. The maximum Gasteiger partial charge on any atom is 0.261 e. The third-order valence-corrected chi connectivity index (χ3v) is 5.79. The highest BCUT2D eigenvalue weighted by Gasteiger charge is 2.35. The molecule has 0 aromatic heterocycles. The Balaban J connectivity index is 1.37. The Morgan fingerprint density at radius 1 is 1.00 bits per heavy atom. The summed E-state index contributed by atoms with van der Waals surface area (Å²) in [5, 5.41) is 2.89. The molecule has 0 saturated carbocycles. The van der Waals surface area contributed by atoms with Gasteiger partial charge in [-0.25, -0.2) is 0 Å². The van der Waals surface area contributed by atoms with Crippen molar-refractivity contribution in [1.82, 2.24) is 10.2 Å². The Morgan fingerprint density at radius 2 is 1.67 bits per heavy atom. The topological polar surface area (TPSA) is 70.9 Å². The van der Waals surface area contributed by atoms with Crippen LogP contribution in [0.4, 0.5) is 0 Å². The lowest BCUT2D eigenvalue weighted by Crippen LogP contribution is -3.08. The van der Waals surface area contributed by atoms with Gasteiger partial charge in [-0.2, -0.15) is 0 Å². The number of quaternary nitrogens is 1. The number of likely N-dealkylation sites (tertiary alicyclic amines) is 1. The fourth-order valence-corrected chi connectivity index (χ4v) is 4.13. The van der Waals surface area contributed by atoms with Gasteiger partial charge in [0.1, 0.15) is 6.54 Å². The monoisotopic (exact) mass is 404 g/mol. The van der Waals surface area contributed by atoms with Crippen LogP contribution in [0.15, 0.2) is 55.1 Å². The second kappa shape index (κ2) is 8.63. The fraction of sp³-hybridized carbons (Fsp3) is 0.292. The molecule has 1 fully saturated rings. The van der Waals surface area contributed by atoms with Gasteiger partial charge in [-0.05, 0) is 23.8 Å². The van der Waals surface area contributed by atoms with E-state index in [1.165, 1.54) is 43.6 Å². The molecule has 4 rings (SSSR count). The first-order chi connectivity index (χ1) is 14.6. The molecule has 6 nitrogen and oxygen atoms in total. The third kappa shape index (κ3) is 4.04. The van der Waals surface area contributed by atoms with Crippen LogP contribution in [0.1, 0.15) is 55.0 Å². The number of hydrogen-bond donors (Lipinski definition) is 2. The van der Waals surface area contributed by atoms with Crippen molar-refractivity contribution in [2.75, 3.05) is 19.6 Å². The standard InChI is InChI=1S/C24H25N3O3/c1-2-11-27-23(29)20-10-9-19(14-21(20)24(27)30)22(28)25-15-17-5-7-18(8-6-17)16-26-12-3-4-13-26/h2,5-10,14H,1,3-4,11-13,15-16H2,(H,25,28)/p+1. The van der Waals surface area contributed by atoms with Crippen molar-refractivity contribution in [2.24, 2.45) is 0 Å². The van der Waals surface area contributed by atoms with E-state index in [0.29, 0.717) is 17.7 Å². The number of hydrogen-bond acceptors (Lipinski definition) is 3. The third-order valence-electron chi connectivity index (χ3n) is 5.79. The van der Waals surface area contributed by atoms with Crippen molar-refractivity contribution in [3.05, 3.63) is 82.9 Å². The summed E-state index contributed by atoms with van der Waals surface area (Å²) in [7, 11) is 0. The molecule has 0 radical (unpaired) electrons. The zero-order valence-electron chi connectivity index (χ0n) is 16.9. The van der Waals surface area contributed by atoms with Crippen molar-refractivity contribution in [3.8, 4) is 0 Å². The number of carbonyl (C=O) groups excluding carboxylic acids is 3. The molecular formula is C24H26N3O3+. The molecule has 2 aliphatic rings. The van der Waals surface area contributed by atoms with Crippen LogP contribution in [0.3, 0.4) is 0 Å². The van der Waals surface area contributed by atoms with Crippen molar-refractivity contribution in [1.29, 1.82) is 0 Å². The molecule has 2 aliphatic heterocycles. The van der Waals surface area contributed by atoms with E-state index >= 15 is 0 Å². The number of carbonyl (C=O) groups is 3. The number of nitrogens with zero attached hydrogens (tertiary/aromatic N) is 1. The van der Waals surface area contributed by atoms with E-state index in [4.69, 9.17) is 0 Å². The van der Waals surface area contributed by atoms with Gasteiger partial charge in [0.05, 0.1) is 24.2 Å². The Hall–Kier alpha value is -3.25. The second-order valence-electron chi connectivity index (χ2n) is 7.90. The van der Waals surface area contributed by atoms with Crippen LogP contribution >= 0.6 is 0 Å². The van der Waals surface area contributed by atoms with Crippen LogP contribution in [0.25, 0.3) is 0 Å². The molecular weight excluding hydrogens is 378 g/mol. The van der Waals surface area contributed by atoms with Gasteiger partial charge in [-0.1, -0.05) is 30.3 Å². The highest BCUT2D eigenvalue weighted by atomic mass is 16.2. The lowest BCUT2D eigenvalue weighted by molar-refractivity contribution is -0.901. The Bertz CT molecular complexity index is 991. The first-order valence-corrected chi connectivity index (χ1v) is 10.4. The van der Waals surface area contributed by atoms with E-state index in [-0.39, 0.29) is 29.8 Å². The zero-order valence-corrected chi connectivity index (χ0v) is 16.9. The summed E-state index contributed by atoms with van der Waals surface area (Å²) in [4.78, 5) is 40.0. The minimum atomic E-state index is -0.389. The van der Waals surface area contributed by atoms with Crippen LogP contribution in [-0.2, 0) is 13.1 Å². The van der Waals surface area contributed by atoms with Crippen molar-refractivity contribution >= 4 is 17.7 Å². The lowest BCUT2D eigenvalue weighted by atomic mass is 10.1. The van der Waals surface area contributed by atoms with E-state index in [1.807, 2.05) is 12.1 Å². The van der Waals surface area contributed by atoms with Crippen molar-refractivity contribution in [3.63, 3.8) is 0 Å². The largest absolute Gasteiger partial charge is 0.348 e. The van der Waals surface area contributed by atoms with E-state index < -0.39 is 0 Å². The predicted molar refractivity (Wildman–Crippen MR) is 113 cm³/mol. The minimum Gasteiger partial charge on any atom is -0.348 e. The molecule has 0 spiro atoms. The molecule has 3 amide bonds. The van der Waals surface area contributed by atoms with Crippen LogP contribution in [0.2, 0.25) is 0 Å². The van der Waals surface area contributed by atoms with Crippen molar-refractivity contribution < 1.29 is 19.3 Å². The van der Waals surface area contributed by atoms with Gasteiger partial charge in [-0.15, -0.1) is 6.58 Å². The summed E-state index contributed by atoms with van der Waals surface area (Å²) < 4.78 is 0. The van der Waals surface area contributed by atoms with Crippen LogP contribution in [-0.4, -0.2) is 42.3 Å². The Morgan fingerprint density at radius 3 is 2.37 bits per heavy atom. The molecule has 2 aromatic rings. The van der Waals surface area contributed by atoms with E-state index in [2.05, 4.69) is 24.0 Å². The molecule has 154 valence electrons. The summed E-state index contributed by atoms with van der Waals surface area (Å²) in [6.45, 7) is 7.68. The van der Waals surface area contributed by atoms with Crippen LogP contribution in [0.5, 0.6) is 0 Å². The molecule has 0 bridgehead atoms. The summed E-state index contributed by atoms with van der Waals surface area (Å²) in [5.74, 6) is -1.01. The number of imide groups is 1. The van der Waals surface area contributed by atoms with Gasteiger partial charge in [-0.3, -0.25) is 19.3 Å². The van der Waals surface area contributed by atoms with Crippen LogP contribution < -0.4 is 10.2 Å². The number of amides is 3. The minimum absolute atomic E-state index is 0.156. The maximum absolute atomic E-state index is 12.6. The molecule has 0 aliphatic carbocycles. The molecule has 2 N–H and O–H groups in total. The summed E-state index contributed by atoms with van der Waals surface area (Å²) in [5.41, 5.74) is 3.29. The number of rotatable bonds is 7. The summed E-state index contributed by atoms with van der Waals surface area (Å²) in [6, 6.07) is 13.0. The van der Waals surface area contributed by atoms with Gasteiger partial charge >= 0.3 is 0 Å². The predicted octanol–water partition coefficient (Wildman–Crippen LogP) is 1.58. The Labute approximate surface area is 176 Å². The number of fused-ring (bicyclic) bond motifs is 1. The maximum atomic E-state index is 12.6. The normalized spacial score (nSPS) is 16.1. The zero-order chi connectivity index (χ0) is 21.1. The average molecular weight is 404 g/mol. The second-order valence-corrected chi connectivity index (χ2v) is 7.90. The van der Waals surface area contributed by atoms with Gasteiger partial charge < -0.3 is 10.2 Å². The molecule has 30 heavy (non-hydrogen) atoms. The van der Waals surface area contributed by atoms with Gasteiger partial charge in [0.15, 0.2) is 0 Å². The van der Waals surface area contributed by atoms with E-state index in [1.54, 1.807) is 17.0 Å². The highest BCUT2D eigenvalue weighted by Crippen LogP contribution is 2.24. The van der Waals surface area contributed by atoms with Crippen LogP contribution in [0, 0.1) is 0 Å². The first kappa shape index (κ1) is 20.0.